The van der Waals surface area contributed by atoms with E-state index in [1.165, 1.54) is 18.2 Å². The zero-order valence-corrected chi connectivity index (χ0v) is 15.1. The van der Waals surface area contributed by atoms with Crippen LogP contribution in [-0.2, 0) is 4.79 Å². The molecule has 0 saturated carbocycles. The zero-order valence-electron chi connectivity index (χ0n) is 15.1. The summed E-state index contributed by atoms with van der Waals surface area (Å²) in [5.74, 6) is -0.0734. The number of fused-ring (bicyclic) bond motifs is 1. The van der Waals surface area contributed by atoms with Crippen LogP contribution in [0.15, 0.2) is 63.8 Å². The fourth-order valence-electron chi connectivity index (χ4n) is 2.80. The first-order valence-electron chi connectivity index (χ1n) is 8.64. The lowest BCUT2D eigenvalue weighted by Gasteiger charge is -2.23. The number of ether oxygens (including phenoxy) is 1. The van der Waals surface area contributed by atoms with Crippen LogP contribution in [0.25, 0.3) is 11.0 Å². The van der Waals surface area contributed by atoms with Gasteiger partial charge in [0, 0.05) is 17.5 Å². The Morgan fingerprint density at radius 1 is 1.11 bits per heavy atom. The first-order valence-corrected chi connectivity index (χ1v) is 8.64. The number of hydrogen-bond donors (Lipinski definition) is 1. The normalized spacial score (nSPS) is 12.1. The number of nitrogens with one attached hydrogen (secondary N) is 1. The lowest BCUT2D eigenvalue weighted by atomic mass is 9.96. The van der Waals surface area contributed by atoms with Gasteiger partial charge in [-0.2, -0.15) is 0 Å². The van der Waals surface area contributed by atoms with E-state index < -0.39 is 5.63 Å². The smallest absolute Gasteiger partial charge is 0.336 e. The van der Waals surface area contributed by atoms with Crippen LogP contribution in [0.5, 0.6) is 5.75 Å². The van der Waals surface area contributed by atoms with Gasteiger partial charge in [0.1, 0.15) is 17.1 Å². The molecule has 3 rings (SSSR count). The van der Waals surface area contributed by atoms with E-state index >= 15 is 0 Å². The van der Waals surface area contributed by atoms with Gasteiger partial charge in [-0.05, 0) is 41.8 Å². The van der Waals surface area contributed by atoms with Gasteiger partial charge >= 0.3 is 5.63 Å². The van der Waals surface area contributed by atoms with Crippen LogP contribution in [0.4, 0.5) is 4.39 Å². The van der Waals surface area contributed by atoms with Crippen molar-refractivity contribution >= 4 is 16.9 Å². The molecule has 140 valence electrons. The molecular weight excluding hydrogens is 349 g/mol. The van der Waals surface area contributed by atoms with Crippen molar-refractivity contribution in [3.63, 3.8) is 0 Å². The monoisotopic (exact) mass is 369 g/mol. The molecule has 0 saturated heterocycles. The summed E-state index contributed by atoms with van der Waals surface area (Å²) < 4.78 is 23.7. The molecule has 27 heavy (non-hydrogen) atoms. The molecule has 1 N–H and O–H groups in total. The van der Waals surface area contributed by atoms with Crippen molar-refractivity contribution in [2.75, 3.05) is 6.61 Å². The van der Waals surface area contributed by atoms with Crippen molar-refractivity contribution < 1.29 is 18.3 Å². The molecule has 1 atom stereocenters. The second-order valence-corrected chi connectivity index (χ2v) is 6.58. The Hall–Kier alpha value is -3.15. The number of halogens is 1. The van der Waals surface area contributed by atoms with E-state index in [2.05, 4.69) is 5.32 Å². The van der Waals surface area contributed by atoms with Gasteiger partial charge in [-0.1, -0.05) is 26.0 Å². The summed E-state index contributed by atoms with van der Waals surface area (Å²) in [6, 6.07) is 13.8. The number of amides is 1. The Morgan fingerprint density at radius 3 is 2.52 bits per heavy atom. The third-order valence-electron chi connectivity index (χ3n) is 4.18. The number of hydrogen-bond acceptors (Lipinski definition) is 4. The number of carbonyl (C=O) groups is 1. The van der Waals surface area contributed by atoms with Crippen LogP contribution in [0.2, 0.25) is 0 Å². The summed E-state index contributed by atoms with van der Waals surface area (Å²) in [6.07, 6.45) is 0. The maximum Gasteiger partial charge on any atom is 0.336 e. The minimum Gasteiger partial charge on any atom is -0.484 e. The van der Waals surface area contributed by atoms with E-state index in [9.17, 15) is 14.0 Å². The third-order valence-corrected chi connectivity index (χ3v) is 4.18. The average Bonchev–Trinajstić information content (AvgIpc) is 2.64. The van der Waals surface area contributed by atoms with E-state index in [0.717, 1.165) is 10.9 Å². The molecule has 1 amide bonds. The molecule has 0 bridgehead atoms. The van der Waals surface area contributed by atoms with Crippen LogP contribution in [-0.4, -0.2) is 12.5 Å². The fraction of sp³-hybridized carbons (Fsp3) is 0.238. The Balaban J connectivity index is 1.65. The van der Waals surface area contributed by atoms with Gasteiger partial charge in [-0.15, -0.1) is 0 Å². The Kier molecular flexibility index (Phi) is 5.54. The molecule has 0 aliphatic carbocycles. The summed E-state index contributed by atoms with van der Waals surface area (Å²) in [4.78, 5) is 23.6. The Morgan fingerprint density at radius 2 is 1.81 bits per heavy atom. The fourth-order valence-corrected chi connectivity index (χ4v) is 2.80. The standard InChI is InChI=1S/C21H20FNO4/c1-13(2)21(15-3-7-16(22)8-4-15)23-19(24)12-26-17-9-5-14-6-10-20(25)27-18(14)11-17/h3-11,13,21H,12H2,1-2H3,(H,23,24)/t21-/m0/s1. The SMILES string of the molecule is CC(C)[C@H](NC(=O)COc1ccc2ccc(=O)oc2c1)c1ccc(F)cc1. The van der Waals surface area contributed by atoms with Crippen LogP contribution in [0, 0.1) is 11.7 Å². The highest BCUT2D eigenvalue weighted by Crippen LogP contribution is 2.22. The topological polar surface area (TPSA) is 68.5 Å². The molecule has 0 aliphatic heterocycles. The van der Waals surface area contributed by atoms with E-state index in [-0.39, 0.29) is 30.3 Å². The average molecular weight is 369 g/mol. The van der Waals surface area contributed by atoms with Gasteiger partial charge in [0.2, 0.25) is 0 Å². The molecule has 0 fully saturated rings. The molecular formula is C21H20FNO4. The highest BCUT2D eigenvalue weighted by atomic mass is 19.1. The van der Waals surface area contributed by atoms with E-state index in [1.54, 1.807) is 36.4 Å². The van der Waals surface area contributed by atoms with E-state index in [1.807, 2.05) is 13.8 Å². The molecule has 1 aromatic heterocycles. The second kappa shape index (κ2) is 8.03. The number of carbonyl (C=O) groups excluding carboxylic acids is 1. The van der Waals surface area contributed by atoms with Crippen molar-refractivity contribution in [1.29, 1.82) is 0 Å². The Labute approximate surface area is 155 Å². The first-order chi connectivity index (χ1) is 12.9. The van der Waals surface area contributed by atoms with Crippen molar-refractivity contribution in [3.05, 3.63) is 76.4 Å². The van der Waals surface area contributed by atoms with Gasteiger partial charge in [-0.25, -0.2) is 9.18 Å². The van der Waals surface area contributed by atoms with Crippen molar-refractivity contribution in [2.45, 2.75) is 19.9 Å². The predicted octanol–water partition coefficient (Wildman–Crippen LogP) is 3.82. The van der Waals surface area contributed by atoms with Crippen LogP contribution >= 0.6 is 0 Å². The van der Waals surface area contributed by atoms with Gasteiger partial charge in [0.05, 0.1) is 6.04 Å². The lowest BCUT2D eigenvalue weighted by Crippen LogP contribution is -2.35. The summed E-state index contributed by atoms with van der Waals surface area (Å²) in [6.45, 7) is 3.76. The molecule has 0 aliphatic rings. The second-order valence-electron chi connectivity index (χ2n) is 6.58. The summed E-state index contributed by atoms with van der Waals surface area (Å²) >= 11 is 0. The van der Waals surface area contributed by atoms with Crippen molar-refractivity contribution in [1.82, 2.24) is 5.32 Å². The van der Waals surface area contributed by atoms with Gasteiger partial charge in [0.25, 0.3) is 5.91 Å². The highest BCUT2D eigenvalue weighted by Gasteiger charge is 2.18. The maximum atomic E-state index is 13.1. The van der Waals surface area contributed by atoms with Crippen LogP contribution in [0.1, 0.15) is 25.5 Å². The summed E-state index contributed by atoms with van der Waals surface area (Å²) in [5.41, 5.74) is 0.774. The van der Waals surface area contributed by atoms with Crippen LogP contribution < -0.4 is 15.7 Å². The summed E-state index contributed by atoms with van der Waals surface area (Å²) in [5, 5.41) is 3.68. The molecule has 0 radical (unpaired) electrons. The molecule has 1 heterocycles. The molecule has 5 nitrogen and oxygen atoms in total. The van der Waals surface area contributed by atoms with Crippen molar-refractivity contribution in [3.8, 4) is 5.75 Å². The van der Waals surface area contributed by atoms with E-state index in [0.29, 0.717) is 11.3 Å². The minimum absolute atomic E-state index is 0.120. The summed E-state index contributed by atoms with van der Waals surface area (Å²) in [7, 11) is 0. The molecule has 3 aromatic rings. The number of rotatable bonds is 6. The van der Waals surface area contributed by atoms with E-state index in [4.69, 9.17) is 9.15 Å². The zero-order chi connectivity index (χ0) is 19.4. The van der Waals surface area contributed by atoms with Gasteiger partial charge in [-0.3, -0.25) is 4.79 Å². The number of benzene rings is 2. The van der Waals surface area contributed by atoms with Crippen molar-refractivity contribution in [2.24, 2.45) is 5.92 Å². The first kappa shape index (κ1) is 18.6. The van der Waals surface area contributed by atoms with Gasteiger partial charge < -0.3 is 14.5 Å². The molecule has 0 unspecified atom stereocenters. The Bertz CT molecular complexity index is 995. The molecule has 6 heteroatoms. The van der Waals surface area contributed by atoms with Crippen LogP contribution in [0.3, 0.4) is 0 Å². The molecule has 0 spiro atoms. The minimum atomic E-state index is -0.448. The third kappa shape index (κ3) is 4.73. The predicted molar refractivity (Wildman–Crippen MR) is 100 cm³/mol. The molecule has 2 aromatic carbocycles. The maximum absolute atomic E-state index is 13.1. The quantitative estimate of drug-likeness (QED) is 0.671. The largest absolute Gasteiger partial charge is 0.484 e. The van der Waals surface area contributed by atoms with Gasteiger partial charge in [0.15, 0.2) is 6.61 Å². The highest BCUT2D eigenvalue weighted by molar-refractivity contribution is 5.79. The lowest BCUT2D eigenvalue weighted by molar-refractivity contribution is -0.124.